The van der Waals surface area contributed by atoms with Crippen LogP contribution < -0.4 is 9.47 Å². The van der Waals surface area contributed by atoms with Crippen molar-refractivity contribution in [3.8, 4) is 23.0 Å². The zero-order valence-corrected chi connectivity index (χ0v) is 15.6. The zero-order valence-electron chi connectivity index (χ0n) is 14.1. The third-order valence-electron chi connectivity index (χ3n) is 3.69. The lowest BCUT2D eigenvalue weighted by molar-refractivity contribution is 0.354. The van der Waals surface area contributed by atoms with E-state index in [2.05, 4.69) is 10.2 Å². The highest BCUT2D eigenvalue weighted by Gasteiger charge is 2.12. The molecule has 5 nitrogen and oxygen atoms in total. The number of hydrogen-bond donors (Lipinski definition) is 0. The van der Waals surface area contributed by atoms with E-state index in [1.54, 1.807) is 26.4 Å². The average Bonchev–Trinajstić information content (AvgIpc) is 3.10. The lowest BCUT2D eigenvalue weighted by Gasteiger charge is -2.11. The third-order valence-corrected chi connectivity index (χ3v) is 4.81. The summed E-state index contributed by atoms with van der Waals surface area (Å²) in [6.45, 7) is 2.03. The Morgan fingerprint density at radius 3 is 2.40 bits per heavy atom. The summed E-state index contributed by atoms with van der Waals surface area (Å²) in [7, 11) is 3.25. The molecule has 0 fully saturated rings. The molecule has 0 spiro atoms. The van der Waals surface area contributed by atoms with Gasteiger partial charge in [-0.25, -0.2) is 0 Å². The summed E-state index contributed by atoms with van der Waals surface area (Å²) < 4.78 is 16.4. The lowest BCUT2D eigenvalue weighted by atomic mass is 10.1. The van der Waals surface area contributed by atoms with Crippen LogP contribution in [0.2, 0.25) is 5.02 Å². The molecule has 3 aromatic rings. The largest absolute Gasteiger partial charge is 0.493 e. The van der Waals surface area contributed by atoms with Crippen molar-refractivity contribution < 1.29 is 13.9 Å². The fourth-order valence-corrected chi connectivity index (χ4v) is 3.25. The van der Waals surface area contributed by atoms with E-state index in [1.165, 1.54) is 11.8 Å². The molecule has 0 radical (unpaired) electrons. The molecule has 0 atom stereocenters. The van der Waals surface area contributed by atoms with E-state index in [0.29, 0.717) is 27.6 Å². The Kier molecular flexibility index (Phi) is 5.50. The molecule has 0 aliphatic heterocycles. The number of aromatic nitrogens is 2. The van der Waals surface area contributed by atoms with Crippen LogP contribution in [0.3, 0.4) is 0 Å². The Bertz CT molecular complexity index is 865. The quantitative estimate of drug-likeness (QED) is 0.564. The van der Waals surface area contributed by atoms with Crippen LogP contribution in [0.4, 0.5) is 0 Å². The molecule has 0 saturated carbocycles. The Morgan fingerprint density at radius 1 is 1.04 bits per heavy atom. The summed E-state index contributed by atoms with van der Waals surface area (Å²) in [5.41, 5.74) is 3.07. The Balaban J connectivity index is 1.73. The molecule has 7 heteroatoms. The van der Waals surface area contributed by atoms with E-state index in [0.717, 1.165) is 22.4 Å². The molecule has 0 saturated heterocycles. The van der Waals surface area contributed by atoms with Crippen molar-refractivity contribution >= 4 is 23.4 Å². The van der Waals surface area contributed by atoms with E-state index >= 15 is 0 Å². The summed E-state index contributed by atoms with van der Waals surface area (Å²) in [5, 5.41) is 9.36. The van der Waals surface area contributed by atoms with Crippen LogP contribution in [0, 0.1) is 6.92 Å². The number of nitrogens with zero attached hydrogens (tertiary/aromatic N) is 2. The minimum atomic E-state index is 0.475. The summed E-state index contributed by atoms with van der Waals surface area (Å²) in [6, 6.07) is 11.2. The molecular formula is C18H17ClN2O3S. The van der Waals surface area contributed by atoms with Crippen molar-refractivity contribution in [3.05, 3.63) is 52.5 Å². The van der Waals surface area contributed by atoms with Crippen molar-refractivity contribution in [1.29, 1.82) is 0 Å². The van der Waals surface area contributed by atoms with Gasteiger partial charge in [-0.1, -0.05) is 23.4 Å². The molecule has 0 unspecified atom stereocenters. The van der Waals surface area contributed by atoms with Crippen molar-refractivity contribution in [2.45, 2.75) is 17.9 Å². The van der Waals surface area contributed by atoms with Crippen molar-refractivity contribution in [2.24, 2.45) is 0 Å². The molecule has 130 valence electrons. The second kappa shape index (κ2) is 7.80. The van der Waals surface area contributed by atoms with E-state index < -0.39 is 0 Å². The monoisotopic (exact) mass is 376 g/mol. The smallest absolute Gasteiger partial charge is 0.277 e. The first-order chi connectivity index (χ1) is 12.1. The number of benzene rings is 2. The minimum Gasteiger partial charge on any atom is -0.493 e. The standard InChI is InChI=1S/C18H17ClN2O3S/c1-11-8-15(22-2)16(23-3)9-13(11)10-25-18-21-20-17(24-18)12-4-6-14(19)7-5-12/h4-9H,10H2,1-3H3. The van der Waals surface area contributed by atoms with E-state index in [1.807, 2.05) is 31.2 Å². The molecule has 0 bridgehead atoms. The summed E-state index contributed by atoms with van der Waals surface area (Å²) in [6.07, 6.45) is 0. The number of ether oxygens (including phenoxy) is 2. The Hall–Kier alpha value is -2.18. The number of thioether (sulfide) groups is 1. The highest BCUT2D eigenvalue weighted by atomic mass is 35.5. The fraction of sp³-hybridized carbons (Fsp3) is 0.222. The van der Waals surface area contributed by atoms with Crippen LogP contribution in [-0.2, 0) is 5.75 Å². The van der Waals surface area contributed by atoms with Gasteiger partial charge in [-0.05, 0) is 54.4 Å². The molecule has 1 heterocycles. The number of aryl methyl sites for hydroxylation is 1. The maximum atomic E-state index is 5.89. The van der Waals surface area contributed by atoms with Gasteiger partial charge in [-0.2, -0.15) is 0 Å². The van der Waals surface area contributed by atoms with Crippen molar-refractivity contribution in [1.82, 2.24) is 10.2 Å². The first kappa shape index (κ1) is 17.6. The van der Waals surface area contributed by atoms with Gasteiger partial charge in [0.2, 0.25) is 5.89 Å². The van der Waals surface area contributed by atoms with Crippen LogP contribution >= 0.6 is 23.4 Å². The maximum absolute atomic E-state index is 5.89. The summed E-state index contributed by atoms with van der Waals surface area (Å²) in [5.74, 6) is 2.59. The van der Waals surface area contributed by atoms with Crippen LogP contribution in [0.25, 0.3) is 11.5 Å². The normalized spacial score (nSPS) is 10.7. The van der Waals surface area contributed by atoms with E-state index in [4.69, 9.17) is 25.5 Å². The summed E-state index contributed by atoms with van der Waals surface area (Å²) >= 11 is 7.37. The van der Waals surface area contributed by atoms with Gasteiger partial charge in [0.25, 0.3) is 5.22 Å². The van der Waals surface area contributed by atoms with Crippen molar-refractivity contribution in [3.63, 3.8) is 0 Å². The number of hydrogen-bond acceptors (Lipinski definition) is 6. The number of halogens is 1. The fourth-order valence-electron chi connectivity index (χ4n) is 2.29. The zero-order chi connectivity index (χ0) is 17.8. The predicted octanol–water partition coefficient (Wildman–Crippen LogP) is 5.01. The van der Waals surface area contributed by atoms with Crippen LogP contribution in [-0.4, -0.2) is 24.4 Å². The van der Waals surface area contributed by atoms with Gasteiger partial charge >= 0.3 is 0 Å². The first-order valence-corrected chi connectivity index (χ1v) is 8.91. The van der Waals surface area contributed by atoms with Gasteiger partial charge in [0.1, 0.15) is 0 Å². The lowest BCUT2D eigenvalue weighted by Crippen LogP contribution is -1.95. The SMILES string of the molecule is COc1cc(C)c(CSc2nnc(-c3ccc(Cl)cc3)o2)cc1OC. The van der Waals surface area contributed by atoms with Gasteiger partial charge in [0, 0.05) is 16.3 Å². The second-order valence-corrected chi connectivity index (χ2v) is 6.67. The molecule has 25 heavy (non-hydrogen) atoms. The van der Waals surface area contributed by atoms with Gasteiger partial charge < -0.3 is 13.9 Å². The predicted molar refractivity (Wildman–Crippen MR) is 98.6 cm³/mol. The van der Waals surface area contributed by atoms with E-state index in [-0.39, 0.29) is 0 Å². The molecule has 2 aromatic carbocycles. The molecular weight excluding hydrogens is 360 g/mol. The number of rotatable bonds is 6. The second-order valence-electron chi connectivity index (χ2n) is 5.30. The van der Waals surface area contributed by atoms with Gasteiger partial charge in [-0.3, -0.25) is 0 Å². The topological polar surface area (TPSA) is 57.4 Å². The van der Waals surface area contributed by atoms with Gasteiger partial charge in [0.15, 0.2) is 11.5 Å². The van der Waals surface area contributed by atoms with Crippen LogP contribution in [0.15, 0.2) is 46.0 Å². The number of methoxy groups -OCH3 is 2. The van der Waals surface area contributed by atoms with Gasteiger partial charge in [0.05, 0.1) is 14.2 Å². The minimum absolute atomic E-state index is 0.475. The molecule has 0 N–H and O–H groups in total. The Morgan fingerprint density at radius 2 is 1.72 bits per heavy atom. The molecule has 3 rings (SSSR count). The van der Waals surface area contributed by atoms with Crippen LogP contribution in [0.5, 0.6) is 11.5 Å². The third kappa shape index (κ3) is 4.08. The molecule has 1 aromatic heterocycles. The average molecular weight is 377 g/mol. The molecule has 0 amide bonds. The first-order valence-electron chi connectivity index (χ1n) is 7.54. The van der Waals surface area contributed by atoms with Crippen LogP contribution in [0.1, 0.15) is 11.1 Å². The molecule has 0 aliphatic carbocycles. The van der Waals surface area contributed by atoms with E-state index in [9.17, 15) is 0 Å². The maximum Gasteiger partial charge on any atom is 0.277 e. The summed E-state index contributed by atoms with van der Waals surface area (Å²) in [4.78, 5) is 0. The highest BCUT2D eigenvalue weighted by Crippen LogP contribution is 2.33. The molecule has 0 aliphatic rings. The Labute approximate surface area is 155 Å². The highest BCUT2D eigenvalue weighted by molar-refractivity contribution is 7.98. The van der Waals surface area contributed by atoms with Crippen molar-refractivity contribution in [2.75, 3.05) is 14.2 Å². The van der Waals surface area contributed by atoms with Gasteiger partial charge in [-0.15, -0.1) is 10.2 Å².